The number of carbonyl (C=O) groups is 1. The number of nitrogens with zero attached hydrogens (tertiary/aromatic N) is 1. The number of carbonyl (C=O) groups excluding carboxylic acids is 1. The molecule has 0 spiro atoms. The Morgan fingerprint density at radius 1 is 1.67 bits per heavy atom. The van der Waals surface area contributed by atoms with Crippen molar-refractivity contribution in [2.75, 3.05) is 14.2 Å². The highest BCUT2D eigenvalue weighted by molar-refractivity contribution is 6.41. The summed E-state index contributed by atoms with van der Waals surface area (Å²) in [7, 11) is 2.64. The van der Waals surface area contributed by atoms with Crippen LogP contribution in [-0.2, 0) is 9.53 Å². The molecule has 0 aromatic rings. The molecule has 0 radical (unpaired) electrons. The zero-order chi connectivity index (χ0) is 9.56. The SMILES string of the molecule is CC/C(F)=C\C(=NC)C(=O)OC. The van der Waals surface area contributed by atoms with Crippen molar-refractivity contribution < 1.29 is 13.9 Å². The molecule has 0 rings (SSSR count). The maximum atomic E-state index is 12.6. The highest BCUT2D eigenvalue weighted by atomic mass is 19.1. The Balaban J connectivity index is 4.50. The van der Waals surface area contributed by atoms with Gasteiger partial charge in [-0.2, -0.15) is 0 Å². The third kappa shape index (κ3) is 3.27. The quantitative estimate of drug-likeness (QED) is 0.479. The van der Waals surface area contributed by atoms with Crippen molar-refractivity contribution >= 4 is 11.7 Å². The van der Waals surface area contributed by atoms with E-state index in [0.29, 0.717) is 0 Å². The second kappa shape index (κ2) is 5.46. The molecule has 0 saturated carbocycles. The minimum absolute atomic E-state index is 0.00292. The second-order valence-electron chi connectivity index (χ2n) is 2.05. The van der Waals surface area contributed by atoms with Gasteiger partial charge >= 0.3 is 5.97 Å². The Kier molecular flexibility index (Phi) is 4.92. The minimum atomic E-state index is -0.624. The molecule has 0 heterocycles. The van der Waals surface area contributed by atoms with Crippen LogP contribution in [0.25, 0.3) is 0 Å². The molecule has 0 atom stereocenters. The van der Waals surface area contributed by atoms with E-state index in [-0.39, 0.29) is 18.0 Å². The predicted molar refractivity (Wildman–Crippen MR) is 44.9 cm³/mol. The monoisotopic (exact) mass is 173 g/mol. The zero-order valence-electron chi connectivity index (χ0n) is 7.43. The smallest absolute Gasteiger partial charge is 0.356 e. The largest absolute Gasteiger partial charge is 0.464 e. The van der Waals surface area contributed by atoms with E-state index in [1.807, 2.05) is 0 Å². The third-order valence-electron chi connectivity index (χ3n) is 1.27. The maximum Gasteiger partial charge on any atom is 0.356 e. The summed E-state index contributed by atoms with van der Waals surface area (Å²) in [6.45, 7) is 1.65. The van der Waals surface area contributed by atoms with Gasteiger partial charge in [0.2, 0.25) is 0 Å². The van der Waals surface area contributed by atoms with Gasteiger partial charge in [-0.1, -0.05) is 6.92 Å². The van der Waals surface area contributed by atoms with E-state index in [1.165, 1.54) is 14.2 Å². The minimum Gasteiger partial charge on any atom is -0.464 e. The molecular weight excluding hydrogens is 161 g/mol. The molecule has 0 aliphatic carbocycles. The van der Waals surface area contributed by atoms with Crippen LogP contribution in [0.1, 0.15) is 13.3 Å². The number of rotatable bonds is 3. The Morgan fingerprint density at radius 2 is 2.25 bits per heavy atom. The normalized spacial score (nSPS) is 13.0. The number of aliphatic imine (C=N–C) groups is 1. The van der Waals surface area contributed by atoms with Crippen LogP contribution < -0.4 is 0 Å². The van der Waals surface area contributed by atoms with Crippen molar-refractivity contribution in [2.45, 2.75) is 13.3 Å². The fraction of sp³-hybridized carbons (Fsp3) is 0.500. The van der Waals surface area contributed by atoms with Crippen LogP contribution in [-0.4, -0.2) is 25.8 Å². The van der Waals surface area contributed by atoms with Gasteiger partial charge in [0.05, 0.1) is 7.11 Å². The molecule has 0 aliphatic rings. The van der Waals surface area contributed by atoms with E-state index >= 15 is 0 Å². The molecule has 0 aromatic heterocycles. The van der Waals surface area contributed by atoms with Gasteiger partial charge in [-0.15, -0.1) is 0 Å². The molecule has 0 saturated heterocycles. The number of hydrogen-bond donors (Lipinski definition) is 0. The summed E-state index contributed by atoms with van der Waals surface area (Å²) in [5.74, 6) is -1.01. The summed E-state index contributed by atoms with van der Waals surface area (Å²) < 4.78 is 17.0. The fourth-order valence-corrected chi connectivity index (χ4v) is 0.570. The number of ether oxygens (including phenoxy) is 1. The van der Waals surface area contributed by atoms with E-state index in [2.05, 4.69) is 9.73 Å². The molecule has 0 unspecified atom stereocenters. The van der Waals surface area contributed by atoms with E-state index < -0.39 is 5.97 Å². The van der Waals surface area contributed by atoms with Crippen LogP contribution in [0.15, 0.2) is 16.9 Å². The molecule has 4 heteroatoms. The number of halogens is 1. The van der Waals surface area contributed by atoms with Crippen LogP contribution in [0.2, 0.25) is 0 Å². The van der Waals surface area contributed by atoms with E-state index in [0.717, 1.165) is 6.08 Å². The third-order valence-corrected chi connectivity index (χ3v) is 1.27. The van der Waals surface area contributed by atoms with Gasteiger partial charge in [0.15, 0.2) is 0 Å². The average molecular weight is 173 g/mol. The van der Waals surface area contributed by atoms with E-state index in [9.17, 15) is 9.18 Å². The molecule has 12 heavy (non-hydrogen) atoms. The van der Waals surface area contributed by atoms with Crippen LogP contribution in [0.4, 0.5) is 4.39 Å². The molecule has 0 fully saturated rings. The van der Waals surface area contributed by atoms with Gasteiger partial charge in [-0.3, -0.25) is 4.99 Å². The summed E-state index contributed by atoms with van der Waals surface area (Å²) >= 11 is 0. The van der Waals surface area contributed by atoms with Crippen LogP contribution >= 0.6 is 0 Å². The topological polar surface area (TPSA) is 38.7 Å². The maximum absolute atomic E-state index is 12.6. The molecule has 0 aliphatic heterocycles. The first-order valence-corrected chi connectivity index (χ1v) is 3.56. The van der Waals surface area contributed by atoms with Crippen molar-refractivity contribution in [3.05, 3.63) is 11.9 Å². The van der Waals surface area contributed by atoms with Crippen molar-refractivity contribution in [3.63, 3.8) is 0 Å². The highest BCUT2D eigenvalue weighted by Gasteiger charge is 2.07. The van der Waals surface area contributed by atoms with Gasteiger partial charge in [-0.25, -0.2) is 9.18 Å². The summed E-state index contributed by atoms with van der Waals surface area (Å²) in [6.07, 6.45) is 1.32. The number of methoxy groups -OCH3 is 1. The van der Waals surface area contributed by atoms with Crippen LogP contribution in [0, 0.1) is 0 Å². The van der Waals surface area contributed by atoms with Crippen molar-refractivity contribution in [1.82, 2.24) is 0 Å². The highest BCUT2D eigenvalue weighted by Crippen LogP contribution is 2.02. The van der Waals surface area contributed by atoms with Gasteiger partial charge in [0.25, 0.3) is 0 Å². The lowest BCUT2D eigenvalue weighted by Gasteiger charge is -1.97. The average Bonchev–Trinajstić information content (AvgIpc) is 2.12. The summed E-state index contributed by atoms with van der Waals surface area (Å²) in [5, 5.41) is 0. The lowest BCUT2D eigenvalue weighted by molar-refractivity contribution is -0.132. The molecule has 68 valence electrons. The first kappa shape index (κ1) is 10.8. The van der Waals surface area contributed by atoms with E-state index in [4.69, 9.17) is 0 Å². The van der Waals surface area contributed by atoms with Crippen LogP contribution in [0.5, 0.6) is 0 Å². The number of allylic oxidation sites excluding steroid dienone is 1. The molecule has 0 aromatic carbocycles. The first-order chi connectivity index (χ1) is 5.65. The fourth-order valence-electron chi connectivity index (χ4n) is 0.570. The van der Waals surface area contributed by atoms with Gasteiger partial charge in [-0.05, 0) is 6.42 Å². The van der Waals surface area contributed by atoms with Gasteiger partial charge in [0, 0.05) is 13.1 Å². The molecule has 3 nitrogen and oxygen atoms in total. The molecule has 0 N–H and O–H groups in total. The lowest BCUT2D eigenvalue weighted by Crippen LogP contribution is -2.13. The Morgan fingerprint density at radius 3 is 2.58 bits per heavy atom. The Hall–Kier alpha value is -1.19. The van der Waals surface area contributed by atoms with Crippen molar-refractivity contribution in [2.24, 2.45) is 4.99 Å². The molecule has 0 bridgehead atoms. The summed E-state index contributed by atoms with van der Waals surface area (Å²) in [6, 6.07) is 0. The standard InChI is InChI=1S/C8H12FNO2/c1-4-6(9)5-7(10-2)8(11)12-3/h5H,4H2,1-3H3/b6-5+,10-7?. The Labute approximate surface area is 70.9 Å². The number of esters is 1. The molecular formula is C8H12FNO2. The van der Waals surface area contributed by atoms with Gasteiger partial charge in [0.1, 0.15) is 11.5 Å². The van der Waals surface area contributed by atoms with Crippen LogP contribution in [0.3, 0.4) is 0 Å². The summed E-state index contributed by atoms with van der Waals surface area (Å²) in [4.78, 5) is 14.4. The zero-order valence-corrected chi connectivity index (χ0v) is 7.43. The second-order valence-corrected chi connectivity index (χ2v) is 2.05. The lowest BCUT2D eigenvalue weighted by atomic mass is 10.3. The van der Waals surface area contributed by atoms with E-state index in [1.54, 1.807) is 6.92 Å². The first-order valence-electron chi connectivity index (χ1n) is 3.56. The molecule has 0 amide bonds. The Bertz CT molecular complexity index is 221. The summed E-state index contributed by atoms with van der Waals surface area (Å²) in [5.41, 5.74) is -0.00292. The van der Waals surface area contributed by atoms with Gasteiger partial charge < -0.3 is 4.74 Å². The number of hydrogen-bond acceptors (Lipinski definition) is 3. The van der Waals surface area contributed by atoms with Crippen molar-refractivity contribution in [3.8, 4) is 0 Å². The van der Waals surface area contributed by atoms with Crippen molar-refractivity contribution in [1.29, 1.82) is 0 Å². The predicted octanol–water partition coefficient (Wildman–Crippen LogP) is 1.49.